The van der Waals surface area contributed by atoms with Crippen molar-refractivity contribution < 1.29 is 14.3 Å². The van der Waals surface area contributed by atoms with E-state index in [0.29, 0.717) is 21.5 Å². The van der Waals surface area contributed by atoms with E-state index < -0.39 is 0 Å². The smallest absolute Gasteiger partial charge is 0.266 e. The van der Waals surface area contributed by atoms with Crippen molar-refractivity contribution in [3.8, 4) is 11.5 Å². The fourth-order valence-corrected chi connectivity index (χ4v) is 4.46. The summed E-state index contributed by atoms with van der Waals surface area (Å²) in [5.74, 6) is 1.35. The van der Waals surface area contributed by atoms with Crippen molar-refractivity contribution in [2.24, 2.45) is 0 Å². The van der Waals surface area contributed by atoms with E-state index in [1.165, 1.54) is 11.8 Å². The maximum Gasteiger partial charge on any atom is 0.266 e. The van der Waals surface area contributed by atoms with E-state index in [1.807, 2.05) is 54.7 Å². The van der Waals surface area contributed by atoms with Crippen molar-refractivity contribution in [2.45, 2.75) is 6.54 Å². The SMILES string of the molecule is O=C1/C(=C\c2c[nH]c3ccccc23)SC(=S)N1Cc1ccc2c(c1)OCO2. The van der Waals surface area contributed by atoms with Crippen molar-refractivity contribution in [2.75, 3.05) is 6.79 Å². The topological polar surface area (TPSA) is 54.6 Å². The van der Waals surface area contributed by atoms with Crippen molar-refractivity contribution in [1.82, 2.24) is 9.88 Å². The van der Waals surface area contributed by atoms with Crippen LogP contribution in [0.2, 0.25) is 0 Å². The van der Waals surface area contributed by atoms with Crippen LogP contribution in [-0.2, 0) is 11.3 Å². The van der Waals surface area contributed by atoms with Gasteiger partial charge in [0.2, 0.25) is 6.79 Å². The molecule has 2 aliphatic rings. The van der Waals surface area contributed by atoms with Gasteiger partial charge in [-0.15, -0.1) is 0 Å². The molecule has 134 valence electrons. The maximum absolute atomic E-state index is 12.9. The first-order valence-corrected chi connectivity index (χ1v) is 9.61. The summed E-state index contributed by atoms with van der Waals surface area (Å²) < 4.78 is 11.3. The van der Waals surface area contributed by atoms with Gasteiger partial charge in [-0.05, 0) is 29.8 Å². The molecule has 1 aromatic heterocycles. The summed E-state index contributed by atoms with van der Waals surface area (Å²) in [6, 6.07) is 13.7. The number of thiocarbonyl (C=S) groups is 1. The fourth-order valence-electron chi connectivity index (χ4n) is 3.21. The number of hydrogen-bond donors (Lipinski definition) is 1. The number of aromatic nitrogens is 1. The van der Waals surface area contributed by atoms with Crippen LogP contribution in [0.1, 0.15) is 11.1 Å². The number of nitrogens with zero attached hydrogens (tertiary/aromatic N) is 1. The molecule has 1 fully saturated rings. The molecule has 2 aliphatic heterocycles. The van der Waals surface area contributed by atoms with Gasteiger partial charge in [0.25, 0.3) is 5.91 Å². The minimum absolute atomic E-state index is 0.0760. The van der Waals surface area contributed by atoms with Crippen LogP contribution in [-0.4, -0.2) is 26.9 Å². The summed E-state index contributed by atoms with van der Waals surface area (Å²) in [7, 11) is 0. The monoisotopic (exact) mass is 394 g/mol. The Kier molecular flexibility index (Phi) is 3.91. The van der Waals surface area contributed by atoms with Crippen LogP contribution in [0, 0.1) is 0 Å². The molecule has 3 aromatic rings. The summed E-state index contributed by atoms with van der Waals surface area (Å²) in [5.41, 5.74) is 2.97. The Bertz CT molecular complexity index is 1120. The van der Waals surface area contributed by atoms with Crippen LogP contribution in [0.4, 0.5) is 0 Å². The van der Waals surface area contributed by atoms with Crippen LogP contribution in [0.5, 0.6) is 11.5 Å². The standard InChI is InChI=1S/C20H14N2O3S2/c23-19-18(8-13-9-21-15-4-2-1-3-14(13)15)27-20(26)22(19)10-12-5-6-16-17(7-12)25-11-24-16/h1-9,21H,10-11H2/b18-8+. The summed E-state index contributed by atoms with van der Waals surface area (Å²) in [6.07, 6.45) is 3.81. The first-order chi connectivity index (χ1) is 13.2. The Morgan fingerprint density at radius 3 is 2.96 bits per heavy atom. The molecule has 0 unspecified atom stereocenters. The molecule has 3 heterocycles. The molecular formula is C20H14N2O3S2. The zero-order valence-corrected chi connectivity index (χ0v) is 15.7. The number of benzene rings is 2. The van der Waals surface area contributed by atoms with Gasteiger partial charge in [-0.25, -0.2) is 0 Å². The van der Waals surface area contributed by atoms with Gasteiger partial charge in [-0.2, -0.15) is 0 Å². The van der Waals surface area contributed by atoms with Gasteiger partial charge in [0, 0.05) is 22.7 Å². The van der Waals surface area contributed by atoms with Crippen LogP contribution in [0.15, 0.2) is 53.6 Å². The van der Waals surface area contributed by atoms with Gasteiger partial charge in [-0.1, -0.05) is 48.2 Å². The highest BCUT2D eigenvalue weighted by atomic mass is 32.2. The molecule has 1 saturated heterocycles. The summed E-state index contributed by atoms with van der Waals surface area (Å²) in [6.45, 7) is 0.639. The van der Waals surface area contributed by atoms with E-state index in [-0.39, 0.29) is 12.7 Å². The molecule has 27 heavy (non-hydrogen) atoms. The Morgan fingerprint density at radius 2 is 2.04 bits per heavy atom. The minimum Gasteiger partial charge on any atom is -0.454 e. The zero-order chi connectivity index (χ0) is 18.4. The number of ether oxygens (including phenoxy) is 2. The van der Waals surface area contributed by atoms with Crippen LogP contribution in [0.3, 0.4) is 0 Å². The molecule has 1 amide bonds. The zero-order valence-electron chi connectivity index (χ0n) is 14.1. The number of amides is 1. The highest BCUT2D eigenvalue weighted by Crippen LogP contribution is 2.37. The molecule has 0 atom stereocenters. The number of H-pyrrole nitrogens is 1. The second-order valence-corrected chi connectivity index (χ2v) is 7.92. The Morgan fingerprint density at radius 1 is 1.19 bits per heavy atom. The van der Waals surface area contributed by atoms with Crippen molar-refractivity contribution in [3.63, 3.8) is 0 Å². The van der Waals surface area contributed by atoms with Crippen molar-refractivity contribution in [1.29, 1.82) is 0 Å². The second kappa shape index (κ2) is 6.44. The first-order valence-electron chi connectivity index (χ1n) is 8.39. The van der Waals surface area contributed by atoms with Gasteiger partial charge in [0.1, 0.15) is 4.32 Å². The number of para-hydroxylation sites is 1. The summed E-state index contributed by atoms with van der Waals surface area (Å²) in [4.78, 5) is 18.4. The molecule has 0 saturated carbocycles. The van der Waals surface area contributed by atoms with Crippen LogP contribution in [0.25, 0.3) is 17.0 Å². The molecule has 0 radical (unpaired) electrons. The summed E-state index contributed by atoms with van der Waals surface area (Å²) in [5, 5.41) is 1.08. The molecule has 5 nitrogen and oxygen atoms in total. The van der Waals surface area contributed by atoms with Crippen LogP contribution < -0.4 is 9.47 Å². The lowest BCUT2D eigenvalue weighted by Crippen LogP contribution is -2.27. The maximum atomic E-state index is 12.9. The molecule has 2 aromatic carbocycles. The molecule has 0 spiro atoms. The van der Waals surface area contributed by atoms with Gasteiger partial charge >= 0.3 is 0 Å². The largest absolute Gasteiger partial charge is 0.454 e. The van der Waals surface area contributed by atoms with E-state index in [1.54, 1.807) is 4.90 Å². The number of aromatic amines is 1. The molecule has 0 aliphatic carbocycles. The number of thioether (sulfide) groups is 1. The van der Waals surface area contributed by atoms with E-state index in [2.05, 4.69) is 4.98 Å². The average Bonchev–Trinajstić information content (AvgIpc) is 3.37. The molecule has 1 N–H and O–H groups in total. The van der Waals surface area contributed by atoms with Gasteiger partial charge in [0.15, 0.2) is 11.5 Å². The molecule has 7 heteroatoms. The number of fused-ring (bicyclic) bond motifs is 2. The van der Waals surface area contributed by atoms with E-state index >= 15 is 0 Å². The number of nitrogens with one attached hydrogen (secondary N) is 1. The van der Waals surface area contributed by atoms with E-state index in [0.717, 1.165) is 27.8 Å². The predicted octanol–water partition coefficient (Wildman–Crippen LogP) is 4.30. The Balaban J connectivity index is 1.41. The molecule has 5 rings (SSSR count). The third-order valence-corrected chi connectivity index (χ3v) is 5.94. The van der Waals surface area contributed by atoms with Crippen molar-refractivity contribution >= 4 is 51.2 Å². The Labute approximate surface area is 164 Å². The minimum atomic E-state index is -0.0760. The number of carbonyl (C=O) groups excluding carboxylic acids is 1. The van der Waals surface area contributed by atoms with Crippen LogP contribution >= 0.6 is 24.0 Å². The normalized spacial score (nSPS) is 17.5. The number of carbonyl (C=O) groups is 1. The van der Waals surface area contributed by atoms with Crippen molar-refractivity contribution in [3.05, 3.63) is 64.7 Å². The lowest BCUT2D eigenvalue weighted by atomic mass is 10.1. The number of rotatable bonds is 3. The Hall–Kier alpha value is -2.77. The lowest BCUT2D eigenvalue weighted by molar-refractivity contribution is -0.122. The van der Waals surface area contributed by atoms with Gasteiger partial charge in [0.05, 0.1) is 11.4 Å². The van der Waals surface area contributed by atoms with E-state index in [9.17, 15) is 4.79 Å². The quantitative estimate of drug-likeness (QED) is 0.530. The fraction of sp³-hybridized carbons (Fsp3) is 0.100. The van der Waals surface area contributed by atoms with E-state index in [4.69, 9.17) is 21.7 Å². The predicted molar refractivity (Wildman–Crippen MR) is 110 cm³/mol. The average molecular weight is 394 g/mol. The highest BCUT2D eigenvalue weighted by molar-refractivity contribution is 8.26. The third-order valence-electron chi connectivity index (χ3n) is 4.56. The summed E-state index contributed by atoms with van der Waals surface area (Å²) >= 11 is 6.78. The molecular weight excluding hydrogens is 380 g/mol. The third kappa shape index (κ3) is 2.89. The molecule has 0 bridgehead atoms. The lowest BCUT2D eigenvalue weighted by Gasteiger charge is -2.14. The highest BCUT2D eigenvalue weighted by Gasteiger charge is 2.32. The second-order valence-electron chi connectivity index (χ2n) is 6.25. The van der Waals surface area contributed by atoms with Gasteiger partial charge in [-0.3, -0.25) is 9.69 Å². The van der Waals surface area contributed by atoms with Gasteiger partial charge < -0.3 is 14.5 Å². The number of hydrogen-bond acceptors (Lipinski definition) is 5. The first kappa shape index (κ1) is 16.4.